The summed E-state index contributed by atoms with van der Waals surface area (Å²) in [5.41, 5.74) is 1.76. The van der Waals surface area contributed by atoms with E-state index in [1.807, 2.05) is 18.2 Å². The Morgan fingerprint density at radius 2 is 2.00 bits per heavy atom. The van der Waals surface area contributed by atoms with Gasteiger partial charge in [0.1, 0.15) is 5.76 Å². The predicted molar refractivity (Wildman–Crippen MR) is 99.6 cm³/mol. The summed E-state index contributed by atoms with van der Waals surface area (Å²) < 4.78 is 33.2. The highest BCUT2D eigenvalue weighted by molar-refractivity contribution is 7.87. The molecule has 1 amide bonds. The lowest BCUT2D eigenvalue weighted by Crippen LogP contribution is -2.51. The number of hydrogen-bond acceptors (Lipinski definition) is 5. The van der Waals surface area contributed by atoms with Crippen LogP contribution in [-0.4, -0.2) is 55.4 Å². The number of nitrogens with zero attached hydrogens (tertiary/aromatic N) is 3. The molecule has 0 radical (unpaired) electrons. The van der Waals surface area contributed by atoms with E-state index >= 15 is 0 Å². The van der Waals surface area contributed by atoms with Crippen LogP contribution in [0.2, 0.25) is 0 Å². The van der Waals surface area contributed by atoms with E-state index in [1.54, 1.807) is 6.20 Å². The Morgan fingerprint density at radius 1 is 1.27 bits per heavy atom. The Morgan fingerprint density at radius 3 is 2.69 bits per heavy atom. The second-order valence-electron chi connectivity index (χ2n) is 6.84. The second-order valence-corrected chi connectivity index (χ2v) is 8.86. The number of carbonyl (C=O) groups is 1. The minimum Gasteiger partial charge on any atom is -0.481 e. The van der Waals surface area contributed by atoms with Crippen LogP contribution in [0.5, 0.6) is 0 Å². The predicted octanol–water partition coefficient (Wildman–Crippen LogP) is 2.15. The van der Waals surface area contributed by atoms with Crippen molar-refractivity contribution in [3.8, 4) is 0 Å². The molecule has 0 bridgehead atoms. The van der Waals surface area contributed by atoms with Gasteiger partial charge in [0.2, 0.25) is 0 Å². The number of allylic oxidation sites excluding steroid dienone is 4. The normalized spacial score (nSPS) is 20.3. The maximum absolute atomic E-state index is 12.8. The van der Waals surface area contributed by atoms with Gasteiger partial charge in [0, 0.05) is 32.1 Å². The third-order valence-electron chi connectivity index (χ3n) is 4.84. The number of aliphatic imine (C=N–C) groups is 1. The molecule has 2 aliphatic carbocycles. The lowest BCUT2D eigenvalue weighted by atomic mass is 9.95. The van der Waals surface area contributed by atoms with Gasteiger partial charge in [-0.25, -0.2) is 4.31 Å². The zero-order valence-corrected chi connectivity index (χ0v) is 16.0. The van der Waals surface area contributed by atoms with Gasteiger partial charge in [0.15, 0.2) is 6.61 Å². The molecule has 1 heterocycles. The largest absolute Gasteiger partial charge is 0.481 e. The molecule has 26 heavy (non-hydrogen) atoms. The molecule has 0 aromatic heterocycles. The summed E-state index contributed by atoms with van der Waals surface area (Å²) in [5, 5.41) is 0. The number of hydrogen-bond donors (Lipinski definition) is 0. The van der Waals surface area contributed by atoms with E-state index in [9.17, 15) is 13.2 Å². The van der Waals surface area contributed by atoms with E-state index in [1.165, 1.54) is 14.1 Å². The van der Waals surface area contributed by atoms with Crippen molar-refractivity contribution in [2.75, 3.05) is 20.7 Å². The van der Waals surface area contributed by atoms with Gasteiger partial charge < -0.3 is 4.74 Å². The summed E-state index contributed by atoms with van der Waals surface area (Å²) in [7, 11) is -0.959. The van der Waals surface area contributed by atoms with Crippen LogP contribution in [0, 0.1) is 0 Å². The van der Waals surface area contributed by atoms with Crippen molar-refractivity contribution >= 4 is 21.8 Å². The van der Waals surface area contributed by atoms with Crippen molar-refractivity contribution in [2.45, 2.75) is 44.6 Å². The average molecular weight is 379 g/mol. The third kappa shape index (κ3) is 3.76. The minimum absolute atomic E-state index is 0.298. The van der Waals surface area contributed by atoms with E-state index in [0.29, 0.717) is 18.6 Å². The van der Waals surface area contributed by atoms with Crippen molar-refractivity contribution in [1.29, 1.82) is 0 Å². The summed E-state index contributed by atoms with van der Waals surface area (Å²) in [6.07, 6.45) is 12.5. The fourth-order valence-corrected chi connectivity index (χ4v) is 4.68. The minimum atomic E-state index is -3.84. The summed E-state index contributed by atoms with van der Waals surface area (Å²) in [4.78, 5) is 17.1. The van der Waals surface area contributed by atoms with E-state index in [2.05, 4.69) is 4.99 Å². The number of rotatable bonds is 6. The van der Waals surface area contributed by atoms with Gasteiger partial charge in [0.05, 0.1) is 11.9 Å². The van der Waals surface area contributed by atoms with Gasteiger partial charge in [-0.2, -0.15) is 12.7 Å². The van der Waals surface area contributed by atoms with Crippen LogP contribution in [-0.2, 0) is 19.7 Å². The highest BCUT2D eigenvalue weighted by atomic mass is 32.2. The fourth-order valence-electron chi connectivity index (χ4n) is 3.43. The van der Waals surface area contributed by atoms with Crippen molar-refractivity contribution < 1.29 is 17.9 Å². The Labute approximate surface area is 154 Å². The van der Waals surface area contributed by atoms with Gasteiger partial charge >= 0.3 is 10.2 Å². The van der Waals surface area contributed by atoms with Crippen molar-refractivity contribution in [3.05, 3.63) is 35.8 Å². The number of ether oxygens (including phenoxy) is 1. The first-order valence-corrected chi connectivity index (χ1v) is 10.3. The van der Waals surface area contributed by atoms with E-state index in [4.69, 9.17) is 4.74 Å². The Balaban J connectivity index is 1.72. The monoisotopic (exact) mass is 379 g/mol. The Kier molecular flexibility index (Phi) is 5.62. The molecule has 0 aromatic rings. The summed E-state index contributed by atoms with van der Waals surface area (Å²) in [6.45, 7) is -0.320. The van der Waals surface area contributed by atoms with Crippen LogP contribution in [0.1, 0.15) is 38.5 Å². The molecule has 0 spiro atoms. The molecule has 1 aliphatic heterocycles. The first-order valence-electron chi connectivity index (χ1n) is 8.93. The molecule has 8 heteroatoms. The zero-order valence-electron chi connectivity index (χ0n) is 15.2. The SMILES string of the molecule is CN(C)S(=O)(=O)N(C(=O)COC1=CN=C2CC=CC=C12)C1CCCCC1. The topological polar surface area (TPSA) is 79.3 Å². The summed E-state index contributed by atoms with van der Waals surface area (Å²) >= 11 is 0. The number of fused-ring (bicyclic) bond motifs is 1. The second kappa shape index (κ2) is 7.75. The molecule has 0 atom stereocenters. The Hall–Kier alpha value is -1.93. The summed E-state index contributed by atoms with van der Waals surface area (Å²) in [6, 6.07) is -0.298. The summed E-state index contributed by atoms with van der Waals surface area (Å²) in [5.74, 6) is -0.0181. The molecule has 0 saturated heterocycles. The molecule has 3 aliphatic rings. The fraction of sp³-hybridized carbons (Fsp3) is 0.556. The Bertz CT molecular complexity index is 787. The van der Waals surface area contributed by atoms with Gasteiger partial charge in [0.25, 0.3) is 5.91 Å². The number of carbonyl (C=O) groups excluding carboxylic acids is 1. The molecule has 0 aromatic carbocycles. The van der Waals surface area contributed by atoms with Crippen LogP contribution in [0.4, 0.5) is 0 Å². The van der Waals surface area contributed by atoms with E-state index in [0.717, 1.165) is 45.6 Å². The maximum atomic E-state index is 12.8. The first-order chi connectivity index (χ1) is 12.4. The van der Waals surface area contributed by atoms with Crippen LogP contribution in [0.25, 0.3) is 0 Å². The molecule has 1 saturated carbocycles. The third-order valence-corrected chi connectivity index (χ3v) is 6.76. The van der Waals surface area contributed by atoms with Crippen LogP contribution in [0.15, 0.2) is 40.8 Å². The molecule has 142 valence electrons. The smallest absolute Gasteiger partial charge is 0.306 e. The van der Waals surface area contributed by atoms with Crippen molar-refractivity contribution in [3.63, 3.8) is 0 Å². The van der Waals surface area contributed by atoms with Gasteiger partial charge in [-0.15, -0.1) is 0 Å². The lowest BCUT2D eigenvalue weighted by molar-refractivity contribution is -0.132. The van der Waals surface area contributed by atoms with Crippen LogP contribution in [0.3, 0.4) is 0 Å². The van der Waals surface area contributed by atoms with E-state index < -0.39 is 16.1 Å². The lowest BCUT2D eigenvalue weighted by Gasteiger charge is -2.34. The quantitative estimate of drug-likeness (QED) is 0.708. The van der Waals surface area contributed by atoms with Crippen molar-refractivity contribution in [1.82, 2.24) is 8.61 Å². The van der Waals surface area contributed by atoms with Crippen molar-refractivity contribution in [2.24, 2.45) is 4.99 Å². The van der Waals surface area contributed by atoms with Crippen LogP contribution < -0.4 is 0 Å². The molecule has 1 fully saturated rings. The molecule has 7 nitrogen and oxygen atoms in total. The van der Waals surface area contributed by atoms with Gasteiger partial charge in [-0.1, -0.05) is 31.4 Å². The standard InChI is InChI=1S/C18H25N3O4S/c1-20(2)26(23,24)21(14-8-4-3-5-9-14)18(22)13-25-17-12-19-16-11-7-6-10-15(16)17/h6-7,10,12,14H,3-5,8-9,11,13H2,1-2H3. The number of amides is 1. The highest BCUT2D eigenvalue weighted by Crippen LogP contribution is 2.28. The van der Waals surface area contributed by atoms with Gasteiger partial charge in [-0.05, 0) is 18.9 Å². The molecular weight excluding hydrogens is 354 g/mol. The molecule has 3 rings (SSSR count). The van der Waals surface area contributed by atoms with Crippen LogP contribution >= 0.6 is 0 Å². The zero-order chi connectivity index (χ0) is 18.7. The molecule has 0 N–H and O–H groups in total. The molecular formula is C18H25N3O4S. The highest BCUT2D eigenvalue weighted by Gasteiger charge is 2.37. The van der Waals surface area contributed by atoms with E-state index in [-0.39, 0.29) is 12.6 Å². The average Bonchev–Trinajstić information content (AvgIpc) is 3.04. The maximum Gasteiger partial charge on any atom is 0.306 e. The van der Waals surface area contributed by atoms with Gasteiger partial charge in [-0.3, -0.25) is 9.79 Å². The molecule has 0 unspecified atom stereocenters. The first kappa shape index (κ1) is 18.8.